The third kappa shape index (κ3) is 5.25. The molecule has 1 aliphatic rings. The Labute approximate surface area is 199 Å². The first-order chi connectivity index (χ1) is 16.6. The van der Waals surface area contributed by atoms with Gasteiger partial charge in [0.1, 0.15) is 29.3 Å². The summed E-state index contributed by atoms with van der Waals surface area (Å²) in [5, 5.41) is 12.3. The highest BCUT2D eigenvalue weighted by molar-refractivity contribution is 7.89. The van der Waals surface area contributed by atoms with E-state index in [9.17, 15) is 26.9 Å². The molecule has 1 aliphatic heterocycles. The second-order valence-corrected chi connectivity index (χ2v) is 10.1. The Morgan fingerprint density at radius 2 is 1.97 bits per heavy atom. The quantitative estimate of drug-likeness (QED) is 0.540. The van der Waals surface area contributed by atoms with Crippen molar-refractivity contribution < 1.29 is 21.6 Å². The van der Waals surface area contributed by atoms with Crippen LogP contribution in [0.3, 0.4) is 0 Å². The average Bonchev–Trinajstić information content (AvgIpc) is 3.34. The number of nitrogens with one attached hydrogen (secondary N) is 1. The molecule has 184 valence electrons. The highest BCUT2D eigenvalue weighted by Gasteiger charge is 2.36. The van der Waals surface area contributed by atoms with Crippen LogP contribution in [0.15, 0.2) is 37.1 Å². The first-order valence-corrected chi connectivity index (χ1v) is 12.3. The number of aromatic nitrogens is 5. The molecule has 0 aliphatic carbocycles. The van der Waals surface area contributed by atoms with Gasteiger partial charge in [-0.05, 0) is 31.9 Å². The molecule has 3 aromatic rings. The van der Waals surface area contributed by atoms with Gasteiger partial charge in [0.25, 0.3) is 0 Å². The molecule has 1 saturated heterocycles. The van der Waals surface area contributed by atoms with Crippen molar-refractivity contribution in [3.05, 3.63) is 48.3 Å². The SMILES string of the molecule is CCS(=O)(=O)N1CCC(Nc2ncc(C(F)(F)F)c(-c3cn(-c4cccnc4C#N)cn3)n2)CC1. The summed E-state index contributed by atoms with van der Waals surface area (Å²) >= 11 is 0. The van der Waals surface area contributed by atoms with Gasteiger partial charge in [-0.15, -0.1) is 0 Å². The van der Waals surface area contributed by atoms with E-state index in [1.165, 1.54) is 27.6 Å². The van der Waals surface area contributed by atoms with Gasteiger partial charge in [-0.1, -0.05) is 0 Å². The summed E-state index contributed by atoms with van der Waals surface area (Å²) in [5.74, 6) is -0.00341. The standard InChI is InChI=1S/C21H21F3N8O2S/c1-2-35(33,34)32-8-5-14(6-9-32)29-20-27-11-15(21(22,23)24)19(30-20)17-12-31(13-28-17)18-4-3-7-26-16(18)10-25/h3-4,7,11-14H,2,5-6,8-9H2,1H3,(H,27,29,30). The fraction of sp³-hybridized carbons (Fsp3) is 0.381. The number of pyridine rings is 1. The minimum absolute atomic E-state index is 0.0119. The Hall–Kier alpha value is -3.57. The van der Waals surface area contributed by atoms with Crippen LogP contribution < -0.4 is 5.32 Å². The molecule has 0 spiro atoms. The number of rotatable bonds is 6. The third-order valence-corrected chi connectivity index (χ3v) is 7.52. The Kier molecular flexibility index (Phi) is 6.73. The van der Waals surface area contributed by atoms with Crippen molar-refractivity contribution in [2.45, 2.75) is 32.0 Å². The molecule has 1 N–H and O–H groups in total. The highest BCUT2D eigenvalue weighted by Crippen LogP contribution is 2.36. The van der Waals surface area contributed by atoms with Crippen LogP contribution in [0.5, 0.6) is 0 Å². The zero-order chi connectivity index (χ0) is 25.2. The van der Waals surface area contributed by atoms with Crippen LogP contribution >= 0.6 is 0 Å². The van der Waals surface area contributed by atoms with E-state index < -0.39 is 27.5 Å². The molecule has 0 atom stereocenters. The van der Waals surface area contributed by atoms with E-state index in [1.54, 1.807) is 19.1 Å². The molecular formula is C21H21F3N8O2S. The first kappa shape index (κ1) is 24.6. The van der Waals surface area contributed by atoms with Gasteiger partial charge in [0.15, 0.2) is 5.69 Å². The Morgan fingerprint density at radius 1 is 1.23 bits per heavy atom. The Bertz CT molecular complexity index is 1360. The summed E-state index contributed by atoms with van der Waals surface area (Å²) in [5.41, 5.74) is -1.07. The fourth-order valence-corrected chi connectivity index (χ4v) is 4.90. The van der Waals surface area contributed by atoms with Gasteiger partial charge in [0, 0.05) is 37.7 Å². The van der Waals surface area contributed by atoms with E-state index in [4.69, 9.17) is 0 Å². The minimum atomic E-state index is -4.72. The molecule has 0 unspecified atom stereocenters. The zero-order valence-corrected chi connectivity index (χ0v) is 19.4. The average molecular weight is 507 g/mol. The summed E-state index contributed by atoms with van der Waals surface area (Å²) < 4.78 is 68.0. The van der Waals surface area contributed by atoms with Crippen LogP contribution in [0.4, 0.5) is 19.1 Å². The van der Waals surface area contributed by atoms with Crippen LogP contribution in [-0.4, -0.2) is 62.1 Å². The van der Waals surface area contributed by atoms with E-state index in [0.29, 0.717) is 37.8 Å². The number of hydrogen-bond donors (Lipinski definition) is 1. The maximum absolute atomic E-state index is 13.7. The lowest BCUT2D eigenvalue weighted by Crippen LogP contribution is -2.43. The number of anilines is 1. The second kappa shape index (κ2) is 9.59. The van der Waals surface area contributed by atoms with Crippen molar-refractivity contribution in [3.8, 4) is 23.1 Å². The number of halogens is 3. The molecule has 0 saturated carbocycles. The number of imidazole rings is 1. The molecule has 0 aromatic carbocycles. The molecule has 0 amide bonds. The predicted octanol–water partition coefficient (Wildman–Crippen LogP) is 2.84. The lowest BCUT2D eigenvalue weighted by molar-refractivity contribution is -0.137. The Balaban J connectivity index is 1.61. The largest absolute Gasteiger partial charge is 0.420 e. The van der Waals surface area contributed by atoms with E-state index in [1.807, 2.05) is 6.07 Å². The van der Waals surface area contributed by atoms with Crippen molar-refractivity contribution in [2.24, 2.45) is 0 Å². The highest BCUT2D eigenvalue weighted by atomic mass is 32.2. The van der Waals surface area contributed by atoms with Crippen molar-refractivity contribution >= 4 is 16.0 Å². The maximum Gasteiger partial charge on any atom is 0.420 e. The first-order valence-electron chi connectivity index (χ1n) is 10.7. The minimum Gasteiger partial charge on any atom is -0.351 e. The van der Waals surface area contributed by atoms with Crippen LogP contribution in [0.25, 0.3) is 17.1 Å². The van der Waals surface area contributed by atoms with Crippen LogP contribution in [0, 0.1) is 11.3 Å². The van der Waals surface area contributed by atoms with E-state index in [0.717, 1.165) is 0 Å². The molecule has 0 radical (unpaired) electrons. The number of alkyl halides is 3. The lowest BCUT2D eigenvalue weighted by Gasteiger charge is -2.31. The van der Waals surface area contributed by atoms with E-state index in [2.05, 4.69) is 25.3 Å². The third-order valence-electron chi connectivity index (χ3n) is 5.64. The monoisotopic (exact) mass is 506 g/mol. The molecule has 4 rings (SSSR count). The van der Waals surface area contributed by atoms with E-state index >= 15 is 0 Å². The molecule has 0 bridgehead atoms. The number of hydrogen-bond acceptors (Lipinski definition) is 8. The summed E-state index contributed by atoms with van der Waals surface area (Å²) in [6.07, 6.45) is 0.970. The summed E-state index contributed by atoms with van der Waals surface area (Å²) in [7, 11) is -3.29. The summed E-state index contributed by atoms with van der Waals surface area (Å²) in [6, 6.07) is 4.93. The van der Waals surface area contributed by atoms with Crippen LogP contribution in [-0.2, 0) is 16.2 Å². The molecular weight excluding hydrogens is 485 g/mol. The van der Waals surface area contributed by atoms with Crippen LogP contribution in [0.1, 0.15) is 31.0 Å². The normalized spacial score (nSPS) is 15.6. The molecule has 4 heterocycles. The van der Waals surface area contributed by atoms with Crippen molar-refractivity contribution in [3.63, 3.8) is 0 Å². The number of nitrogens with zero attached hydrogens (tertiary/aromatic N) is 7. The van der Waals surface area contributed by atoms with Gasteiger partial charge in [0.05, 0.1) is 11.4 Å². The van der Waals surface area contributed by atoms with Gasteiger partial charge < -0.3 is 9.88 Å². The topological polar surface area (TPSA) is 130 Å². The smallest absolute Gasteiger partial charge is 0.351 e. The van der Waals surface area contributed by atoms with Gasteiger partial charge in [-0.2, -0.15) is 18.4 Å². The molecule has 14 heteroatoms. The summed E-state index contributed by atoms with van der Waals surface area (Å²) in [4.78, 5) is 16.0. The number of sulfonamides is 1. The molecule has 35 heavy (non-hydrogen) atoms. The number of nitriles is 1. The summed E-state index contributed by atoms with van der Waals surface area (Å²) in [6.45, 7) is 2.18. The number of piperidine rings is 1. The zero-order valence-electron chi connectivity index (χ0n) is 18.6. The van der Waals surface area contributed by atoms with Gasteiger partial charge in [0.2, 0.25) is 16.0 Å². The van der Waals surface area contributed by atoms with Crippen molar-refractivity contribution in [2.75, 3.05) is 24.2 Å². The molecule has 3 aromatic heterocycles. The van der Waals surface area contributed by atoms with E-state index in [-0.39, 0.29) is 29.1 Å². The fourth-order valence-electron chi connectivity index (χ4n) is 3.77. The van der Waals surface area contributed by atoms with Crippen molar-refractivity contribution in [1.82, 2.24) is 28.8 Å². The Morgan fingerprint density at radius 3 is 2.63 bits per heavy atom. The molecule has 10 nitrogen and oxygen atoms in total. The van der Waals surface area contributed by atoms with Gasteiger partial charge >= 0.3 is 6.18 Å². The second-order valence-electron chi connectivity index (χ2n) is 7.82. The lowest BCUT2D eigenvalue weighted by atomic mass is 10.1. The maximum atomic E-state index is 13.7. The predicted molar refractivity (Wildman–Crippen MR) is 120 cm³/mol. The van der Waals surface area contributed by atoms with Crippen molar-refractivity contribution in [1.29, 1.82) is 5.26 Å². The molecule has 1 fully saturated rings. The van der Waals surface area contributed by atoms with Gasteiger partial charge in [-0.3, -0.25) is 0 Å². The van der Waals surface area contributed by atoms with Gasteiger partial charge in [-0.25, -0.2) is 32.7 Å². The van der Waals surface area contributed by atoms with Crippen LogP contribution in [0.2, 0.25) is 0 Å².